The summed E-state index contributed by atoms with van der Waals surface area (Å²) in [6, 6.07) is 8.55. The van der Waals surface area contributed by atoms with Crippen LogP contribution in [0.25, 0.3) is 6.08 Å². The van der Waals surface area contributed by atoms with Gasteiger partial charge < -0.3 is 14.1 Å². The molecule has 7 heteroatoms. The summed E-state index contributed by atoms with van der Waals surface area (Å²) in [4.78, 5) is 28.0. The first-order valence-electron chi connectivity index (χ1n) is 7.93. The Morgan fingerprint density at radius 1 is 1.27 bits per heavy atom. The van der Waals surface area contributed by atoms with Crippen LogP contribution in [0.1, 0.15) is 27.4 Å². The number of ether oxygens (including phenoxy) is 1. The molecule has 0 saturated carbocycles. The topological polar surface area (TPSA) is 63.0 Å². The number of methoxy groups -OCH3 is 1. The molecule has 0 bridgehead atoms. The predicted molar refractivity (Wildman–Crippen MR) is 102 cm³/mol. The number of anilines is 1. The van der Waals surface area contributed by atoms with E-state index in [0.29, 0.717) is 17.1 Å². The standard InChI is InChI=1S/C19H18N2O4S/c1-11-9-13(25-12(11)2)10-16-17(22)21(19(26)20(16)3)15-8-6-5-7-14(15)18(23)24-4/h5-10H,1-4H3/b16-10+. The van der Waals surface area contributed by atoms with Gasteiger partial charge in [0.05, 0.1) is 18.4 Å². The largest absolute Gasteiger partial charge is 0.465 e. The third kappa shape index (κ3) is 2.90. The monoisotopic (exact) mass is 370 g/mol. The molecule has 1 saturated heterocycles. The van der Waals surface area contributed by atoms with Gasteiger partial charge in [-0.05, 0) is 49.8 Å². The maximum Gasteiger partial charge on any atom is 0.339 e. The molecule has 26 heavy (non-hydrogen) atoms. The van der Waals surface area contributed by atoms with Gasteiger partial charge in [0.25, 0.3) is 5.91 Å². The minimum atomic E-state index is -0.534. The summed E-state index contributed by atoms with van der Waals surface area (Å²) >= 11 is 5.44. The highest BCUT2D eigenvalue weighted by atomic mass is 32.1. The van der Waals surface area contributed by atoms with E-state index in [9.17, 15) is 9.59 Å². The zero-order valence-corrected chi connectivity index (χ0v) is 15.7. The molecular formula is C19H18N2O4S. The van der Waals surface area contributed by atoms with Crippen molar-refractivity contribution in [2.45, 2.75) is 13.8 Å². The van der Waals surface area contributed by atoms with E-state index in [-0.39, 0.29) is 16.6 Å². The Bertz CT molecular complexity index is 925. The Balaban J connectivity index is 2.05. The van der Waals surface area contributed by atoms with Crippen molar-refractivity contribution in [1.82, 2.24) is 4.90 Å². The summed E-state index contributed by atoms with van der Waals surface area (Å²) in [5.74, 6) is 0.496. The highest BCUT2D eigenvalue weighted by Crippen LogP contribution is 2.31. The Labute approximate surface area is 156 Å². The van der Waals surface area contributed by atoms with Crippen LogP contribution >= 0.6 is 12.2 Å². The lowest BCUT2D eigenvalue weighted by atomic mass is 10.1. The summed E-state index contributed by atoms with van der Waals surface area (Å²) < 4.78 is 10.4. The van der Waals surface area contributed by atoms with Gasteiger partial charge in [-0.2, -0.15) is 0 Å². The van der Waals surface area contributed by atoms with Gasteiger partial charge >= 0.3 is 5.97 Å². The maximum absolute atomic E-state index is 13.0. The molecule has 1 aliphatic heterocycles. The molecule has 1 aromatic carbocycles. The SMILES string of the molecule is COC(=O)c1ccccc1N1C(=O)/C(=C\c2cc(C)c(C)o2)N(C)C1=S. The minimum Gasteiger partial charge on any atom is -0.465 e. The number of likely N-dealkylation sites (N-methyl/N-ethyl adjacent to an activating group) is 1. The second-order valence-electron chi connectivity index (χ2n) is 5.91. The summed E-state index contributed by atoms with van der Waals surface area (Å²) in [5.41, 5.74) is 2.02. The summed E-state index contributed by atoms with van der Waals surface area (Å²) in [6.45, 7) is 3.80. The van der Waals surface area contributed by atoms with E-state index in [2.05, 4.69) is 0 Å². The number of amides is 1. The smallest absolute Gasteiger partial charge is 0.339 e. The molecule has 1 fully saturated rings. The number of nitrogens with zero attached hydrogens (tertiary/aromatic N) is 2. The molecule has 0 spiro atoms. The number of benzene rings is 1. The van der Waals surface area contributed by atoms with Crippen molar-refractivity contribution in [3.05, 3.63) is 58.7 Å². The molecule has 1 aliphatic rings. The molecule has 2 heterocycles. The van der Waals surface area contributed by atoms with Crippen LogP contribution in [0, 0.1) is 13.8 Å². The number of furan rings is 1. The number of carbonyl (C=O) groups excluding carboxylic acids is 2. The Hall–Kier alpha value is -2.93. The molecule has 0 aliphatic carbocycles. The molecular weight excluding hydrogens is 352 g/mol. The second kappa shape index (κ2) is 6.76. The van der Waals surface area contributed by atoms with E-state index in [1.54, 1.807) is 42.3 Å². The molecule has 6 nitrogen and oxygen atoms in total. The lowest BCUT2D eigenvalue weighted by Gasteiger charge is -2.18. The number of thiocarbonyl (C=S) groups is 1. The number of aryl methyl sites for hydroxylation is 2. The first-order valence-corrected chi connectivity index (χ1v) is 8.34. The third-order valence-corrected chi connectivity index (χ3v) is 4.73. The van der Waals surface area contributed by atoms with Crippen molar-refractivity contribution in [3.8, 4) is 0 Å². The summed E-state index contributed by atoms with van der Waals surface area (Å²) in [6.07, 6.45) is 1.65. The molecule has 134 valence electrons. The van der Waals surface area contributed by atoms with Crippen LogP contribution in [0.4, 0.5) is 5.69 Å². The number of para-hydroxylation sites is 1. The van der Waals surface area contributed by atoms with E-state index in [0.717, 1.165) is 11.3 Å². The number of carbonyl (C=O) groups is 2. The highest BCUT2D eigenvalue weighted by molar-refractivity contribution is 7.80. The van der Waals surface area contributed by atoms with Crippen LogP contribution in [0.2, 0.25) is 0 Å². The maximum atomic E-state index is 13.0. The van der Waals surface area contributed by atoms with Crippen LogP contribution in [0.15, 0.2) is 40.4 Å². The average Bonchev–Trinajstić information content (AvgIpc) is 3.05. The van der Waals surface area contributed by atoms with Crippen LogP contribution in [0.3, 0.4) is 0 Å². The molecule has 0 N–H and O–H groups in total. The fraction of sp³-hybridized carbons (Fsp3) is 0.211. The highest BCUT2D eigenvalue weighted by Gasteiger charge is 2.38. The summed E-state index contributed by atoms with van der Waals surface area (Å²) in [5, 5.41) is 0.276. The van der Waals surface area contributed by atoms with Crippen molar-refractivity contribution in [2.75, 3.05) is 19.1 Å². The number of esters is 1. The van der Waals surface area contributed by atoms with Crippen molar-refractivity contribution in [3.63, 3.8) is 0 Å². The van der Waals surface area contributed by atoms with Gasteiger partial charge in [0.2, 0.25) is 0 Å². The van der Waals surface area contributed by atoms with Crippen molar-refractivity contribution in [2.24, 2.45) is 0 Å². The number of rotatable bonds is 3. The molecule has 0 atom stereocenters. The molecule has 1 amide bonds. The predicted octanol–water partition coefficient (Wildman–Crippen LogP) is 3.29. The van der Waals surface area contributed by atoms with Gasteiger partial charge in [0, 0.05) is 13.1 Å². The Morgan fingerprint density at radius 2 is 1.96 bits per heavy atom. The fourth-order valence-corrected chi connectivity index (χ4v) is 3.01. The normalized spacial score (nSPS) is 15.9. The number of hydrogen-bond acceptors (Lipinski definition) is 5. The van der Waals surface area contributed by atoms with E-state index >= 15 is 0 Å². The van der Waals surface area contributed by atoms with E-state index in [4.69, 9.17) is 21.4 Å². The zero-order valence-electron chi connectivity index (χ0n) is 14.9. The lowest BCUT2D eigenvalue weighted by Crippen LogP contribution is -2.32. The van der Waals surface area contributed by atoms with E-state index in [1.807, 2.05) is 19.9 Å². The van der Waals surface area contributed by atoms with Crippen molar-refractivity contribution < 1.29 is 18.7 Å². The van der Waals surface area contributed by atoms with E-state index in [1.165, 1.54) is 12.0 Å². The van der Waals surface area contributed by atoms with Gasteiger partial charge in [-0.1, -0.05) is 12.1 Å². The van der Waals surface area contributed by atoms with Crippen LogP contribution in [-0.2, 0) is 9.53 Å². The quantitative estimate of drug-likeness (QED) is 0.469. The molecule has 2 aromatic rings. The van der Waals surface area contributed by atoms with Crippen molar-refractivity contribution >= 4 is 41.0 Å². The van der Waals surface area contributed by atoms with Crippen LogP contribution in [0.5, 0.6) is 0 Å². The lowest BCUT2D eigenvalue weighted by molar-refractivity contribution is -0.114. The first-order chi connectivity index (χ1) is 12.3. The summed E-state index contributed by atoms with van der Waals surface area (Å²) in [7, 11) is 3.00. The van der Waals surface area contributed by atoms with Gasteiger partial charge in [-0.15, -0.1) is 0 Å². The number of hydrogen-bond donors (Lipinski definition) is 0. The molecule has 1 aromatic heterocycles. The molecule has 0 unspecified atom stereocenters. The Morgan fingerprint density at radius 3 is 2.58 bits per heavy atom. The van der Waals surface area contributed by atoms with Gasteiger partial charge in [-0.3, -0.25) is 9.69 Å². The van der Waals surface area contributed by atoms with Crippen LogP contribution in [-0.4, -0.2) is 36.0 Å². The Kier molecular flexibility index (Phi) is 4.65. The molecule has 3 rings (SSSR count). The minimum absolute atomic E-state index is 0.269. The fourth-order valence-electron chi connectivity index (χ4n) is 2.73. The molecule has 0 radical (unpaired) electrons. The zero-order chi connectivity index (χ0) is 19.0. The third-order valence-electron chi connectivity index (χ3n) is 4.28. The van der Waals surface area contributed by atoms with Gasteiger partial charge in [0.15, 0.2) is 5.11 Å². The average molecular weight is 370 g/mol. The van der Waals surface area contributed by atoms with Gasteiger partial charge in [-0.25, -0.2) is 4.79 Å². The van der Waals surface area contributed by atoms with E-state index < -0.39 is 5.97 Å². The van der Waals surface area contributed by atoms with Crippen LogP contribution < -0.4 is 4.90 Å². The van der Waals surface area contributed by atoms with Gasteiger partial charge in [0.1, 0.15) is 17.2 Å². The van der Waals surface area contributed by atoms with Crippen molar-refractivity contribution in [1.29, 1.82) is 0 Å². The first kappa shape index (κ1) is 17.9. The second-order valence-corrected chi connectivity index (χ2v) is 6.27.